The molecule has 0 atom stereocenters. The zero-order valence-electron chi connectivity index (χ0n) is 33.4. The van der Waals surface area contributed by atoms with Crippen LogP contribution in [0.3, 0.4) is 0 Å². The maximum Gasteiger partial charge on any atom is 0.0645 e. The molecule has 222 valence electrons. The van der Waals surface area contributed by atoms with E-state index in [9.17, 15) is 11.0 Å². The Morgan fingerprint density at radius 3 is 1.40 bits per heavy atom. The van der Waals surface area contributed by atoms with Gasteiger partial charge >= 0.3 is 0 Å². The highest BCUT2D eigenvalue weighted by Gasteiger charge is 2.15. The Balaban J connectivity index is 1.35. The van der Waals surface area contributed by atoms with Gasteiger partial charge in [0.2, 0.25) is 0 Å². The van der Waals surface area contributed by atoms with Crippen molar-refractivity contribution in [2.24, 2.45) is 0 Å². The van der Waals surface area contributed by atoms with E-state index in [0.29, 0.717) is 16.8 Å². The van der Waals surface area contributed by atoms with Gasteiger partial charge in [0.25, 0.3) is 0 Å². The Labute approximate surface area is 287 Å². The second-order valence-electron chi connectivity index (χ2n) is 11.1. The molecule has 0 spiro atoms. The van der Waals surface area contributed by atoms with Crippen molar-refractivity contribution in [3.63, 3.8) is 0 Å². The monoisotopic (exact) mass is 607 g/mol. The van der Waals surface area contributed by atoms with Crippen LogP contribution >= 0.6 is 0 Å². The van der Waals surface area contributed by atoms with Crippen LogP contribution < -0.4 is 4.90 Å². The van der Waals surface area contributed by atoms with Crippen LogP contribution in [0, 0.1) is 0 Å². The quantitative estimate of drug-likeness (QED) is 0.174. The number of anilines is 3. The third kappa shape index (κ3) is 5.72. The number of fused-ring (bicyclic) bond motifs is 1. The molecule has 0 radical (unpaired) electrons. The summed E-state index contributed by atoms with van der Waals surface area (Å²) in [6.45, 7) is 0. The van der Waals surface area contributed by atoms with Gasteiger partial charge < -0.3 is 4.90 Å². The topological polar surface area (TPSA) is 3.24 Å². The number of nitrogens with zero attached hydrogens (tertiary/aromatic N) is 1. The molecular formula is C46H33N. The van der Waals surface area contributed by atoms with Gasteiger partial charge in [-0.2, -0.15) is 0 Å². The smallest absolute Gasteiger partial charge is 0.0645 e. The Bertz CT molecular complexity index is 2660. The van der Waals surface area contributed by atoms with E-state index in [1.54, 1.807) is 42.5 Å². The van der Waals surface area contributed by atoms with Gasteiger partial charge in [-0.15, -0.1) is 0 Å². The molecule has 0 bridgehead atoms. The third-order valence-electron chi connectivity index (χ3n) is 8.23. The molecule has 0 aliphatic rings. The SMILES string of the molecule is [2H]c1c([2H])c(N(c2ccccc2)c2c([2H])c([2H])c(-c3c(-c4ccccc4)ccc4ccccc34)c([2H])c2[2H])c([2H])c([2H])c1-c1ccc(-c2ccccc2)cc1. The van der Waals surface area contributed by atoms with Gasteiger partial charge in [-0.3, -0.25) is 0 Å². The first kappa shape index (κ1) is 20.8. The fourth-order valence-electron chi connectivity index (χ4n) is 5.91. The van der Waals surface area contributed by atoms with E-state index in [-0.39, 0.29) is 70.8 Å². The Morgan fingerprint density at radius 1 is 0.319 bits per heavy atom. The molecule has 0 heterocycles. The van der Waals surface area contributed by atoms with Gasteiger partial charge in [0.05, 0.1) is 11.0 Å². The summed E-state index contributed by atoms with van der Waals surface area (Å²) in [5.74, 6) is 0. The molecule has 1 heteroatoms. The Morgan fingerprint density at radius 2 is 0.787 bits per heavy atom. The average molecular weight is 608 g/mol. The van der Waals surface area contributed by atoms with Crippen molar-refractivity contribution in [3.8, 4) is 44.5 Å². The molecule has 1 nitrogen and oxygen atoms in total. The minimum atomic E-state index is -0.385. The third-order valence-corrected chi connectivity index (χ3v) is 8.23. The molecule has 0 saturated carbocycles. The molecule has 0 aliphatic carbocycles. The normalized spacial score (nSPS) is 13.4. The molecule has 8 aromatic carbocycles. The van der Waals surface area contributed by atoms with Crippen LogP contribution in [0.5, 0.6) is 0 Å². The second-order valence-corrected chi connectivity index (χ2v) is 11.1. The summed E-state index contributed by atoms with van der Waals surface area (Å²) in [5, 5.41) is 1.65. The van der Waals surface area contributed by atoms with Crippen molar-refractivity contribution in [1.82, 2.24) is 0 Å². The summed E-state index contributed by atoms with van der Waals surface area (Å²) < 4.78 is 75.0. The van der Waals surface area contributed by atoms with E-state index in [0.717, 1.165) is 33.0 Å². The van der Waals surface area contributed by atoms with Gasteiger partial charge in [0.1, 0.15) is 0 Å². The molecule has 0 amide bonds. The summed E-state index contributed by atoms with van der Waals surface area (Å²) in [4.78, 5) is 1.33. The van der Waals surface area contributed by atoms with Crippen LogP contribution in [-0.2, 0) is 0 Å². The van der Waals surface area contributed by atoms with Crippen LogP contribution in [0.25, 0.3) is 55.3 Å². The maximum absolute atomic E-state index is 9.50. The Hall–Kier alpha value is -6.18. The van der Waals surface area contributed by atoms with Crippen LogP contribution in [0.4, 0.5) is 17.1 Å². The molecule has 0 saturated heterocycles. The lowest BCUT2D eigenvalue weighted by Gasteiger charge is -2.26. The molecular weight excluding hydrogens is 567 g/mol. The van der Waals surface area contributed by atoms with Gasteiger partial charge in [0, 0.05) is 17.1 Å². The minimum absolute atomic E-state index is 0.116. The standard InChI is InChI=1S/C46H33N/c1-4-12-34(13-5-1)35-20-22-36(23-21-35)37-24-29-42(30-25-37)47(41-17-8-3-9-18-41)43-31-26-40(27-32-43)46-44-19-11-10-16-39(44)28-33-45(46)38-14-6-2-7-15-38/h1-33H/i24D,25D,26D,27D,29D,30D,31D,32D. The van der Waals surface area contributed by atoms with Gasteiger partial charge in [0.15, 0.2) is 0 Å². The van der Waals surface area contributed by atoms with Gasteiger partial charge in [-0.1, -0.05) is 164 Å². The van der Waals surface area contributed by atoms with E-state index in [4.69, 9.17) is 0 Å². The maximum atomic E-state index is 9.50. The fourth-order valence-corrected chi connectivity index (χ4v) is 5.91. The molecule has 0 unspecified atom stereocenters. The summed E-state index contributed by atoms with van der Waals surface area (Å²) in [6.07, 6.45) is 0. The summed E-state index contributed by atoms with van der Waals surface area (Å²) in [5.41, 5.74) is 4.84. The summed E-state index contributed by atoms with van der Waals surface area (Å²) >= 11 is 0. The molecule has 0 aliphatic heterocycles. The molecule has 0 N–H and O–H groups in total. The first-order chi connectivity index (χ1) is 26.7. The predicted molar refractivity (Wildman–Crippen MR) is 200 cm³/mol. The lowest BCUT2D eigenvalue weighted by Crippen LogP contribution is -2.09. The van der Waals surface area contributed by atoms with E-state index < -0.39 is 0 Å². The largest absolute Gasteiger partial charge is 0.311 e. The molecule has 0 aromatic heterocycles. The highest BCUT2D eigenvalue weighted by molar-refractivity contribution is 6.04. The van der Waals surface area contributed by atoms with E-state index in [1.165, 1.54) is 4.90 Å². The second kappa shape index (κ2) is 12.7. The number of benzene rings is 8. The van der Waals surface area contributed by atoms with Crippen molar-refractivity contribution >= 4 is 27.8 Å². The number of rotatable bonds is 7. The van der Waals surface area contributed by atoms with E-state index >= 15 is 0 Å². The lowest BCUT2D eigenvalue weighted by molar-refractivity contribution is 1.28. The molecule has 8 rings (SSSR count). The zero-order chi connectivity index (χ0) is 38.4. The van der Waals surface area contributed by atoms with Crippen molar-refractivity contribution in [3.05, 3.63) is 200 Å². The zero-order valence-corrected chi connectivity index (χ0v) is 25.4. The van der Waals surface area contributed by atoms with Gasteiger partial charge in [-0.05, 0) is 91.6 Å². The molecule has 0 fully saturated rings. The van der Waals surface area contributed by atoms with Gasteiger partial charge in [-0.25, -0.2) is 0 Å². The van der Waals surface area contributed by atoms with Crippen molar-refractivity contribution in [2.45, 2.75) is 0 Å². The molecule has 47 heavy (non-hydrogen) atoms. The fraction of sp³-hybridized carbons (Fsp3) is 0. The summed E-state index contributed by atoms with van der Waals surface area (Å²) in [7, 11) is 0. The Kier molecular flexibility index (Phi) is 5.60. The van der Waals surface area contributed by atoms with E-state index in [2.05, 4.69) is 0 Å². The van der Waals surface area contributed by atoms with Crippen molar-refractivity contribution < 1.29 is 11.0 Å². The minimum Gasteiger partial charge on any atom is -0.311 e. The van der Waals surface area contributed by atoms with Crippen LogP contribution in [-0.4, -0.2) is 0 Å². The number of hydrogen-bond donors (Lipinski definition) is 0. The summed E-state index contributed by atoms with van der Waals surface area (Å²) in [6, 6.07) is 44.2. The van der Waals surface area contributed by atoms with E-state index in [1.807, 2.05) is 109 Å². The highest BCUT2D eigenvalue weighted by Crippen LogP contribution is 2.41. The number of hydrogen-bond acceptors (Lipinski definition) is 1. The van der Waals surface area contributed by atoms with Crippen LogP contribution in [0.1, 0.15) is 11.0 Å². The number of para-hydroxylation sites is 1. The predicted octanol–water partition coefficient (Wildman–Crippen LogP) is 13.0. The van der Waals surface area contributed by atoms with Crippen LogP contribution in [0.2, 0.25) is 0 Å². The van der Waals surface area contributed by atoms with Crippen molar-refractivity contribution in [2.75, 3.05) is 4.90 Å². The van der Waals surface area contributed by atoms with Crippen molar-refractivity contribution in [1.29, 1.82) is 0 Å². The lowest BCUT2D eigenvalue weighted by atomic mass is 9.89. The first-order valence-electron chi connectivity index (χ1n) is 19.5. The molecule has 8 aromatic rings. The highest BCUT2D eigenvalue weighted by atomic mass is 15.1. The average Bonchev–Trinajstić information content (AvgIpc) is 3.23. The van der Waals surface area contributed by atoms with Crippen LogP contribution in [0.15, 0.2) is 200 Å². The first-order valence-corrected chi connectivity index (χ1v) is 15.5.